The fraction of sp³-hybridized carbons (Fsp3) is 0.444. The Kier molecular flexibility index (Phi) is 8.41. The van der Waals surface area contributed by atoms with Gasteiger partial charge in [0.1, 0.15) is 59.6 Å². The van der Waals surface area contributed by atoms with E-state index < -0.39 is 91.0 Å². The zero-order valence-corrected chi connectivity index (χ0v) is 22.3. The fourth-order valence-corrected chi connectivity index (χ4v) is 4.82. The van der Waals surface area contributed by atoms with Crippen LogP contribution in [0.25, 0.3) is 22.3 Å². The normalized spacial score (nSPS) is 32.9. The lowest BCUT2D eigenvalue weighted by molar-refractivity contribution is -0.277. The van der Waals surface area contributed by atoms with Crippen LogP contribution in [-0.2, 0) is 9.47 Å². The molecule has 2 aromatic carbocycles. The van der Waals surface area contributed by atoms with Crippen LogP contribution in [0.4, 0.5) is 0 Å². The number of hydrogen-bond donors (Lipinski definition) is 11. The topological polar surface area (TPSA) is 271 Å². The number of hydrogen-bond acceptors (Lipinski definition) is 15. The number of fused-ring (bicyclic) bond motifs is 1. The van der Waals surface area contributed by atoms with Gasteiger partial charge in [-0.05, 0) is 6.92 Å². The molecule has 2 aliphatic rings. The van der Waals surface area contributed by atoms with Crippen molar-refractivity contribution in [1.29, 1.82) is 0 Å². The van der Waals surface area contributed by atoms with Crippen LogP contribution in [0.15, 0.2) is 34.7 Å². The first-order chi connectivity index (χ1) is 20.3. The van der Waals surface area contributed by atoms with Gasteiger partial charge in [0.2, 0.25) is 18.3 Å². The van der Waals surface area contributed by atoms with Crippen LogP contribution in [0.5, 0.6) is 34.5 Å². The standard InChI is InChI=1S/C27H30O16/c1-8-18(32)21(35)23(37)26(39-8)42-16-6-11-14(40-25(16)9-2-12(30)19(33)13(31)3-9)4-10(29)5-15(11)41-27-24(38)22(36)20(34)17(7-28)43-27/h2-6,8,17-18,20-24,26-28,32,34-38H,7H2,1H3,(H3-,29,30,31,33)/p+1/t8-,17-,18+,20-,21+,22+,23+,24-,26+,27-/m1/s1. The molecular formula is C27H31O16+. The first-order valence-electron chi connectivity index (χ1n) is 13.0. The van der Waals surface area contributed by atoms with Gasteiger partial charge in [0, 0.05) is 24.3 Å². The van der Waals surface area contributed by atoms with Crippen LogP contribution in [-0.4, -0.2) is 124 Å². The minimum absolute atomic E-state index is 0.0275. The van der Waals surface area contributed by atoms with Gasteiger partial charge in [0.05, 0.1) is 24.3 Å². The molecule has 0 radical (unpaired) electrons. The van der Waals surface area contributed by atoms with E-state index in [-0.39, 0.29) is 33.8 Å². The van der Waals surface area contributed by atoms with Crippen molar-refractivity contribution < 1.29 is 79.5 Å². The average molecular weight is 612 g/mol. The summed E-state index contributed by atoms with van der Waals surface area (Å²) in [5.41, 5.74) is -0.175. The van der Waals surface area contributed by atoms with Crippen molar-refractivity contribution in [2.75, 3.05) is 6.61 Å². The number of aliphatic hydroxyl groups excluding tert-OH is 7. The minimum Gasteiger partial charge on any atom is -0.507 e. The predicted molar refractivity (Wildman–Crippen MR) is 140 cm³/mol. The van der Waals surface area contributed by atoms with Gasteiger partial charge in [-0.15, -0.1) is 0 Å². The zero-order valence-electron chi connectivity index (χ0n) is 22.3. The first kappa shape index (κ1) is 30.7. The Morgan fingerprint density at radius 1 is 0.698 bits per heavy atom. The quantitative estimate of drug-likeness (QED) is 0.113. The van der Waals surface area contributed by atoms with E-state index in [1.807, 2.05) is 0 Å². The maximum Gasteiger partial charge on any atom is 0.402 e. The molecule has 0 saturated carbocycles. The van der Waals surface area contributed by atoms with E-state index in [1.165, 1.54) is 13.0 Å². The molecule has 11 N–H and O–H groups in total. The highest BCUT2D eigenvalue weighted by atomic mass is 16.7. The lowest BCUT2D eigenvalue weighted by atomic mass is 9.99. The zero-order chi connectivity index (χ0) is 31.3. The molecule has 0 aliphatic carbocycles. The minimum atomic E-state index is -1.80. The Morgan fingerprint density at radius 3 is 1.91 bits per heavy atom. The molecule has 3 aromatic rings. The molecule has 234 valence electrons. The Labute approximate surface area is 242 Å². The van der Waals surface area contributed by atoms with Crippen LogP contribution >= 0.6 is 0 Å². The second kappa shape index (κ2) is 11.8. The van der Waals surface area contributed by atoms with Crippen LogP contribution in [0.2, 0.25) is 0 Å². The van der Waals surface area contributed by atoms with Crippen molar-refractivity contribution in [2.45, 2.75) is 68.3 Å². The molecule has 0 unspecified atom stereocenters. The molecule has 2 aliphatic heterocycles. The van der Waals surface area contributed by atoms with Gasteiger partial charge in [-0.1, -0.05) is 0 Å². The smallest absolute Gasteiger partial charge is 0.402 e. The van der Waals surface area contributed by atoms with Crippen molar-refractivity contribution >= 4 is 11.0 Å². The van der Waals surface area contributed by atoms with E-state index in [0.717, 1.165) is 24.3 Å². The summed E-state index contributed by atoms with van der Waals surface area (Å²) >= 11 is 0. The SMILES string of the molecule is C[C@H]1O[C@@H](Oc2cc3c(O[C@@H]4O[C@H](CO)[C@@H](O)[C@H](O)[C@H]4O)cc(O)cc3[o+]c2-c2cc(O)c(O)c(O)c2)[C@@H](O)[C@@H](O)[C@H]1O. The molecule has 16 nitrogen and oxygen atoms in total. The predicted octanol–water partition coefficient (Wildman–Crippen LogP) is -1.41. The van der Waals surface area contributed by atoms with E-state index in [4.69, 9.17) is 23.4 Å². The van der Waals surface area contributed by atoms with Crippen LogP contribution in [0, 0.1) is 0 Å². The number of ether oxygens (including phenoxy) is 4. The summed E-state index contributed by atoms with van der Waals surface area (Å²) < 4.78 is 28.4. The summed E-state index contributed by atoms with van der Waals surface area (Å²) in [6, 6.07) is 5.53. The van der Waals surface area contributed by atoms with E-state index >= 15 is 0 Å². The molecule has 2 saturated heterocycles. The summed E-state index contributed by atoms with van der Waals surface area (Å²) in [6.45, 7) is 0.699. The summed E-state index contributed by atoms with van der Waals surface area (Å²) in [7, 11) is 0. The van der Waals surface area contributed by atoms with E-state index in [0.29, 0.717) is 0 Å². The number of phenolic OH excluding ortho intramolecular Hbond substituents is 4. The molecule has 0 spiro atoms. The first-order valence-corrected chi connectivity index (χ1v) is 13.0. The highest BCUT2D eigenvalue weighted by molar-refractivity contribution is 5.89. The Morgan fingerprint density at radius 2 is 1.28 bits per heavy atom. The van der Waals surface area contributed by atoms with Crippen molar-refractivity contribution in [1.82, 2.24) is 0 Å². The Balaban J connectivity index is 1.63. The summed E-state index contributed by atoms with van der Waals surface area (Å²) in [5.74, 6) is -3.43. The molecule has 0 bridgehead atoms. The Bertz CT molecular complexity index is 1460. The van der Waals surface area contributed by atoms with Gasteiger partial charge in [-0.2, -0.15) is 0 Å². The third-order valence-corrected chi connectivity index (χ3v) is 7.28. The third kappa shape index (κ3) is 5.67. The maximum absolute atomic E-state index is 10.5. The Hall–Kier alpha value is -3.71. The molecule has 10 atom stereocenters. The number of benzene rings is 2. The highest BCUT2D eigenvalue weighted by Crippen LogP contribution is 2.45. The van der Waals surface area contributed by atoms with Gasteiger partial charge in [-0.3, -0.25) is 0 Å². The number of aliphatic hydroxyl groups is 7. The van der Waals surface area contributed by atoms with E-state index in [2.05, 4.69) is 0 Å². The molecular weight excluding hydrogens is 580 g/mol. The van der Waals surface area contributed by atoms with Crippen molar-refractivity contribution in [3.8, 4) is 45.8 Å². The molecule has 5 rings (SSSR count). The summed E-state index contributed by atoms with van der Waals surface area (Å²) in [5, 5.41) is 112. The highest BCUT2D eigenvalue weighted by Gasteiger charge is 2.46. The second-order valence-corrected chi connectivity index (χ2v) is 10.3. The number of rotatable bonds is 6. The molecule has 0 amide bonds. The van der Waals surface area contributed by atoms with Gasteiger partial charge in [0.15, 0.2) is 17.2 Å². The van der Waals surface area contributed by atoms with E-state index in [9.17, 15) is 56.2 Å². The molecule has 16 heteroatoms. The fourth-order valence-electron chi connectivity index (χ4n) is 4.82. The molecule has 1 aromatic heterocycles. The van der Waals surface area contributed by atoms with Crippen molar-refractivity contribution in [3.63, 3.8) is 0 Å². The summed E-state index contributed by atoms with van der Waals surface area (Å²) in [4.78, 5) is 0. The van der Waals surface area contributed by atoms with Gasteiger partial charge in [-0.25, -0.2) is 4.42 Å². The second-order valence-electron chi connectivity index (χ2n) is 10.3. The molecule has 3 heterocycles. The molecule has 2 fully saturated rings. The number of aromatic hydroxyl groups is 4. The van der Waals surface area contributed by atoms with Crippen LogP contribution in [0.1, 0.15) is 6.92 Å². The van der Waals surface area contributed by atoms with Crippen molar-refractivity contribution in [2.24, 2.45) is 0 Å². The third-order valence-electron chi connectivity index (χ3n) is 7.28. The van der Waals surface area contributed by atoms with E-state index in [1.54, 1.807) is 0 Å². The van der Waals surface area contributed by atoms with Crippen LogP contribution in [0.3, 0.4) is 0 Å². The van der Waals surface area contributed by atoms with Crippen LogP contribution < -0.4 is 9.47 Å². The molecule has 43 heavy (non-hydrogen) atoms. The lowest BCUT2D eigenvalue weighted by Gasteiger charge is -2.39. The average Bonchev–Trinajstić information content (AvgIpc) is 2.97. The van der Waals surface area contributed by atoms with Gasteiger partial charge >= 0.3 is 11.3 Å². The maximum atomic E-state index is 10.5. The number of phenols is 4. The largest absolute Gasteiger partial charge is 0.507 e. The van der Waals surface area contributed by atoms with Gasteiger partial charge in [0.25, 0.3) is 0 Å². The summed E-state index contributed by atoms with van der Waals surface area (Å²) in [6.07, 6.45) is -15.6. The van der Waals surface area contributed by atoms with Crippen molar-refractivity contribution in [3.05, 3.63) is 30.3 Å². The lowest BCUT2D eigenvalue weighted by Crippen LogP contribution is -2.60. The van der Waals surface area contributed by atoms with Gasteiger partial charge < -0.3 is 75.1 Å². The monoisotopic (exact) mass is 611 g/mol.